The molecular formula is C12H15BrF3NO2. The molecule has 0 fully saturated rings. The number of aliphatic hydroxyl groups is 1. The van der Waals surface area contributed by atoms with Crippen molar-refractivity contribution < 1.29 is 23.0 Å². The third-order valence-electron chi connectivity index (χ3n) is 2.46. The van der Waals surface area contributed by atoms with Crippen molar-refractivity contribution >= 4 is 15.9 Å². The Bertz CT molecular complexity index is 438. The van der Waals surface area contributed by atoms with Crippen LogP contribution < -0.4 is 10.5 Å². The molecule has 1 aromatic carbocycles. The fraction of sp³-hybridized carbons (Fsp3) is 0.500. The van der Waals surface area contributed by atoms with E-state index in [4.69, 9.17) is 5.73 Å². The molecule has 0 aromatic heterocycles. The van der Waals surface area contributed by atoms with Crippen LogP contribution in [-0.2, 0) is 6.42 Å². The highest BCUT2D eigenvalue weighted by Crippen LogP contribution is 2.33. The van der Waals surface area contributed by atoms with Gasteiger partial charge in [-0.25, -0.2) is 0 Å². The average molecular weight is 342 g/mol. The normalized spacial score (nSPS) is 13.4. The van der Waals surface area contributed by atoms with Crippen LogP contribution in [-0.4, -0.2) is 24.1 Å². The monoisotopic (exact) mass is 341 g/mol. The Morgan fingerprint density at radius 3 is 2.58 bits per heavy atom. The average Bonchev–Trinajstić information content (AvgIpc) is 2.21. The number of hydrogen-bond acceptors (Lipinski definition) is 3. The second-order valence-corrected chi connectivity index (χ2v) is 5.06. The minimum Gasteiger partial charge on any atom is -0.405 e. The van der Waals surface area contributed by atoms with Gasteiger partial charge in [-0.1, -0.05) is 15.9 Å². The Kier molecular flexibility index (Phi) is 5.64. The number of aliphatic hydroxyl groups excluding tert-OH is 1. The molecule has 108 valence electrons. The maximum Gasteiger partial charge on any atom is 0.573 e. The molecule has 0 aliphatic heterocycles. The largest absolute Gasteiger partial charge is 0.573 e. The van der Waals surface area contributed by atoms with Gasteiger partial charge in [0.05, 0.1) is 6.10 Å². The van der Waals surface area contributed by atoms with Gasteiger partial charge < -0.3 is 15.6 Å². The third kappa shape index (κ3) is 5.38. The molecule has 0 radical (unpaired) electrons. The molecule has 1 aromatic rings. The highest BCUT2D eigenvalue weighted by molar-refractivity contribution is 9.10. The fourth-order valence-corrected chi connectivity index (χ4v) is 2.40. The van der Waals surface area contributed by atoms with E-state index >= 15 is 0 Å². The predicted molar refractivity (Wildman–Crippen MR) is 68.9 cm³/mol. The summed E-state index contributed by atoms with van der Waals surface area (Å²) in [6, 6.07) is 2.97. The summed E-state index contributed by atoms with van der Waals surface area (Å²) in [5, 5.41) is 9.68. The van der Waals surface area contributed by atoms with Gasteiger partial charge in [0.1, 0.15) is 5.75 Å². The van der Waals surface area contributed by atoms with Crippen LogP contribution in [0, 0.1) is 6.92 Å². The number of benzene rings is 1. The minimum absolute atomic E-state index is 0.0451. The van der Waals surface area contributed by atoms with Crippen LogP contribution in [0.5, 0.6) is 5.75 Å². The molecule has 0 aliphatic rings. The quantitative estimate of drug-likeness (QED) is 0.865. The molecule has 7 heteroatoms. The summed E-state index contributed by atoms with van der Waals surface area (Å²) in [6.45, 7) is 1.92. The minimum atomic E-state index is -4.76. The van der Waals surface area contributed by atoms with Gasteiger partial charge in [0.15, 0.2) is 0 Å². The van der Waals surface area contributed by atoms with Crippen molar-refractivity contribution in [1.29, 1.82) is 0 Å². The molecule has 0 amide bonds. The van der Waals surface area contributed by atoms with Gasteiger partial charge in [-0.15, -0.1) is 13.2 Å². The van der Waals surface area contributed by atoms with Gasteiger partial charge in [0.2, 0.25) is 0 Å². The summed E-state index contributed by atoms with van der Waals surface area (Å²) < 4.78 is 41.5. The summed E-state index contributed by atoms with van der Waals surface area (Å²) in [5.74, 6) is -0.296. The first kappa shape index (κ1) is 16.3. The molecule has 0 heterocycles. The second-order valence-electron chi connectivity index (χ2n) is 4.21. The lowest BCUT2D eigenvalue weighted by atomic mass is 10.0. The Morgan fingerprint density at radius 2 is 2.05 bits per heavy atom. The number of ether oxygens (including phenoxy) is 1. The van der Waals surface area contributed by atoms with Crippen LogP contribution in [0.1, 0.15) is 17.5 Å². The number of halogens is 4. The molecule has 3 nitrogen and oxygen atoms in total. The first-order valence-electron chi connectivity index (χ1n) is 5.66. The molecule has 0 spiro atoms. The molecule has 1 atom stereocenters. The number of rotatable bonds is 5. The molecule has 0 bridgehead atoms. The summed E-state index contributed by atoms with van der Waals surface area (Å²) >= 11 is 3.20. The highest BCUT2D eigenvalue weighted by Gasteiger charge is 2.32. The molecule has 1 unspecified atom stereocenters. The summed E-state index contributed by atoms with van der Waals surface area (Å²) in [5.41, 5.74) is 6.21. The van der Waals surface area contributed by atoms with Crippen LogP contribution in [0.4, 0.5) is 13.2 Å². The predicted octanol–water partition coefficient (Wildman–Crippen LogP) is 2.91. The van der Waals surface area contributed by atoms with E-state index in [2.05, 4.69) is 20.7 Å². The zero-order valence-corrected chi connectivity index (χ0v) is 11.9. The van der Waals surface area contributed by atoms with E-state index in [0.29, 0.717) is 16.5 Å². The van der Waals surface area contributed by atoms with Gasteiger partial charge in [-0.05, 0) is 37.6 Å². The van der Waals surface area contributed by atoms with Crippen molar-refractivity contribution in [2.45, 2.75) is 32.2 Å². The number of alkyl halides is 3. The molecule has 0 aliphatic carbocycles. The molecular weight excluding hydrogens is 327 g/mol. The lowest BCUT2D eigenvalue weighted by Crippen LogP contribution is -2.21. The zero-order valence-electron chi connectivity index (χ0n) is 10.3. The van der Waals surface area contributed by atoms with Gasteiger partial charge >= 0.3 is 6.36 Å². The Morgan fingerprint density at radius 1 is 1.42 bits per heavy atom. The maximum absolute atomic E-state index is 12.4. The van der Waals surface area contributed by atoms with E-state index in [9.17, 15) is 18.3 Å². The van der Waals surface area contributed by atoms with E-state index in [1.807, 2.05) is 0 Å². The smallest absolute Gasteiger partial charge is 0.405 e. The highest BCUT2D eigenvalue weighted by atomic mass is 79.9. The second kappa shape index (κ2) is 6.58. The van der Waals surface area contributed by atoms with Gasteiger partial charge in [-0.2, -0.15) is 0 Å². The number of nitrogens with two attached hydrogens (primary N) is 1. The van der Waals surface area contributed by atoms with Crippen LogP contribution >= 0.6 is 15.9 Å². The van der Waals surface area contributed by atoms with E-state index in [1.165, 1.54) is 6.07 Å². The van der Waals surface area contributed by atoms with Crippen LogP contribution in [0.2, 0.25) is 0 Å². The van der Waals surface area contributed by atoms with Gasteiger partial charge in [0.25, 0.3) is 0 Å². The Labute approximate surface area is 117 Å². The van der Waals surface area contributed by atoms with E-state index in [1.54, 1.807) is 13.0 Å². The maximum atomic E-state index is 12.4. The van der Waals surface area contributed by atoms with E-state index in [0.717, 1.165) is 0 Å². The zero-order chi connectivity index (χ0) is 14.6. The van der Waals surface area contributed by atoms with Crippen molar-refractivity contribution in [2.75, 3.05) is 6.54 Å². The molecule has 19 heavy (non-hydrogen) atoms. The Hall–Kier alpha value is -0.790. The fourth-order valence-electron chi connectivity index (χ4n) is 1.68. The Balaban J connectivity index is 3.06. The standard InChI is InChI=1S/C12H15BrF3NO2/c1-7-4-10(13)9(6-8(18)2-3-17)11(5-7)19-12(14,15)16/h4-5,8,18H,2-3,6,17H2,1H3. The van der Waals surface area contributed by atoms with E-state index < -0.39 is 12.5 Å². The van der Waals surface area contributed by atoms with Crippen molar-refractivity contribution in [3.05, 3.63) is 27.7 Å². The van der Waals surface area contributed by atoms with E-state index in [-0.39, 0.29) is 24.3 Å². The van der Waals surface area contributed by atoms with Crippen LogP contribution in [0.3, 0.4) is 0 Å². The molecule has 0 saturated heterocycles. The SMILES string of the molecule is Cc1cc(Br)c(CC(O)CCN)c(OC(F)(F)F)c1. The third-order valence-corrected chi connectivity index (χ3v) is 3.17. The lowest BCUT2D eigenvalue weighted by molar-refractivity contribution is -0.275. The topological polar surface area (TPSA) is 55.5 Å². The van der Waals surface area contributed by atoms with Crippen molar-refractivity contribution in [2.24, 2.45) is 5.73 Å². The number of hydrogen-bond donors (Lipinski definition) is 2. The summed E-state index contributed by atoms with van der Waals surface area (Å²) in [4.78, 5) is 0. The first-order valence-corrected chi connectivity index (χ1v) is 6.45. The summed E-state index contributed by atoms with van der Waals surface area (Å²) in [7, 11) is 0. The number of aryl methyl sites for hydroxylation is 1. The van der Waals surface area contributed by atoms with Gasteiger partial charge in [0, 0.05) is 16.5 Å². The van der Waals surface area contributed by atoms with Crippen molar-refractivity contribution in [1.82, 2.24) is 0 Å². The first-order chi connectivity index (χ1) is 8.73. The van der Waals surface area contributed by atoms with Gasteiger partial charge in [-0.3, -0.25) is 0 Å². The van der Waals surface area contributed by atoms with Crippen LogP contribution in [0.25, 0.3) is 0 Å². The molecule has 3 N–H and O–H groups in total. The lowest BCUT2D eigenvalue weighted by Gasteiger charge is -2.17. The molecule has 1 rings (SSSR count). The van der Waals surface area contributed by atoms with Crippen molar-refractivity contribution in [3.63, 3.8) is 0 Å². The molecule has 0 saturated carbocycles. The van der Waals surface area contributed by atoms with Crippen molar-refractivity contribution in [3.8, 4) is 5.75 Å². The van der Waals surface area contributed by atoms with Crippen LogP contribution in [0.15, 0.2) is 16.6 Å². The summed E-state index contributed by atoms with van der Waals surface area (Å²) in [6.07, 6.45) is -5.21.